The highest BCUT2D eigenvalue weighted by Crippen LogP contribution is 2.33. The number of para-hydroxylation sites is 1. The Morgan fingerprint density at radius 2 is 1.89 bits per heavy atom. The first kappa shape index (κ1) is 11.5. The quantitative estimate of drug-likeness (QED) is 0.860. The Labute approximate surface area is 108 Å². The molecule has 0 fully saturated rings. The molecule has 1 aromatic heterocycles. The van der Waals surface area contributed by atoms with E-state index < -0.39 is 0 Å². The molecule has 0 bridgehead atoms. The molecule has 1 aromatic carbocycles. The van der Waals surface area contributed by atoms with Crippen molar-refractivity contribution in [2.24, 2.45) is 0 Å². The van der Waals surface area contributed by atoms with Gasteiger partial charge in [-0.1, -0.05) is 18.2 Å². The van der Waals surface area contributed by atoms with Gasteiger partial charge < -0.3 is 5.32 Å². The molecule has 1 heterocycles. The molecule has 0 amide bonds. The van der Waals surface area contributed by atoms with Gasteiger partial charge in [-0.3, -0.25) is 4.98 Å². The highest BCUT2D eigenvalue weighted by molar-refractivity contribution is 5.93. The van der Waals surface area contributed by atoms with E-state index in [9.17, 15) is 0 Å². The highest BCUT2D eigenvalue weighted by Gasteiger charge is 2.18. The number of hydrogen-bond donors (Lipinski definition) is 1. The van der Waals surface area contributed by atoms with Crippen molar-refractivity contribution in [1.82, 2.24) is 4.98 Å². The van der Waals surface area contributed by atoms with Crippen LogP contribution in [0.3, 0.4) is 0 Å². The maximum atomic E-state index is 4.84. The van der Waals surface area contributed by atoms with E-state index in [1.165, 1.54) is 41.6 Å². The van der Waals surface area contributed by atoms with E-state index in [4.69, 9.17) is 4.98 Å². The molecule has 2 aromatic rings. The molecule has 2 nitrogen and oxygen atoms in total. The number of anilines is 1. The van der Waals surface area contributed by atoms with E-state index in [-0.39, 0.29) is 0 Å². The van der Waals surface area contributed by atoms with E-state index >= 15 is 0 Å². The first-order valence-electron chi connectivity index (χ1n) is 6.93. The molecule has 0 atom stereocenters. The van der Waals surface area contributed by atoms with Crippen molar-refractivity contribution in [3.05, 3.63) is 35.5 Å². The second-order valence-corrected chi connectivity index (χ2v) is 5.44. The third-order valence-corrected chi connectivity index (χ3v) is 3.60. The Hall–Kier alpha value is -1.57. The fourth-order valence-corrected chi connectivity index (χ4v) is 2.83. The van der Waals surface area contributed by atoms with Gasteiger partial charge in [-0.25, -0.2) is 0 Å². The van der Waals surface area contributed by atoms with Crippen LogP contribution in [-0.4, -0.2) is 11.0 Å². The number of pyridine rings is 1. The maximum Gasteiger partial charge on any atom is 0.0726 e. The van der Waals surface area contributed by atoms with Gasteiger partial charge in [0.15, 0.2) is 0 Å². The van der Waals surface area contributed by atoms with Crippen molar-refractivity contribution in [2.75, 3.05) is 5.32 Å². The lowest BCUT2D eigenvalue weighted by Crippen LogP contribution is -2.16. The normalized spacial score (nSPS) is 14.8. The lowest BCUT2D eigenvalue weighted by atomic mass is 9.92. The van der Waals surface area contributed by atoms with Crippen molar-refractivity contribution < 1.29 is 0 Å². The third-order valence-electron chi connectivity index (χ3n) is 3.60. The minimum atomic E-state index is 0.460. The van der Waals surface area contributed by atoms with Gasteiger partial charge in [0.2, 0.25) is 0 Å². The number of benzene rings is 1. The van der Waals surface area contributed by atoms with Gasteiger partial charge in [0.05, 0.1) is 5.52 Å². The predicted molar refractivity (Wildman–Crippen MR) is 77.1 cm³/mol. The molecule has 2 heteroatoms. The highest BCUT2D eigenvalue weighted by atomic mass is 14.9. The molecular weight excluding hydrogens is 220 g/mol. The van der Waals surface area contributed by atoms with Gasteiger partial charge >= 0.3 is 0 Å². The predicted octanol–water partition coefficient (Wildman–Crippen LogP) is 3.93. The Balaban J connectivity index is 2.25. The van der Waals surface area contributed by atoms with Crippen LogP contribution in [0, 0.1) is 0 Å². The van der Waals surface area contributed by atoms with Crippen LogP contribution < -0.4 is 5.32 Å². The second kappa shape index (κ2) is 4.60. The lowest BCUT2D eigenvalue weighted by Gasteiger charge is -2.23. The van der Waals surface area contributed by atoms with Crippen LogP contribution in [0.2, 0.25) is 0 Å². The molecule has 1 aliphatic carbocycles. The van der Waals surface area contributed by atoms with Crippen molar-refractivity contribution in [2.45, 2.75) is 45.6 Å². The van der Waals surface area contributed by atoms with Crippen molar-refractivity contribution in [3.8, 4) is 0 Å². The van der Waals surface area contributed by atoms with E-state index in [1.807, 2.05) is 0 Å². The molecule has 18 heavy (non-hydrogen) atoms. The largest absolute Gasteiger partial charge is 0.382 e. The molecule has 0 saturated carbocycles. The number of nitrogens with zero attached hydrogens (tertiary/aromatic N) is 1. The maximum absolute atomic E-state index is 4.84. The van der Waals surface area contributed by atoms with Crippen LogP contribution in [0.15, 0.2) is 24.3 Å². The number of nitrogens with one attached hydrogen (secondary N) is 1. The minimum absolute atomic E-state index is 0.460. The Morgan fingerprint density at radius 3 is 2.72 bits per heavy atom. The third kappa shape index (κ3) is 1.96. The first-order chi connectivity index (χ1) is 8.75. The molecular formula is C16H20N2. The molecule has 0 unspecified atom stereocenters. The topological polar surface area (TPSA) is 24.9 Å². The summed E-state index contributed by atoms with van der Waals surface area (Å²) < 4.78 is 0. The van der Waals surface area contributed by atoms with Gasteiger partial charge in [0.25, 0.3) is 0 Å². The molecule has 1 aliphatic rings. The van der Waals surface area contributed by atoms with E-state index in [0.717, 1.165) is 11.9 Å². The molecule has 0 spiro atoms. The second-order valence-electron chi connectivity index (χ2n) is 5.44. The molecule has 1 N–H and O–H groups in total. The fourth-order valence-electron chi connectivity index (χ4n) is 2.83. The van der Waals surface area contributed by atoms with Gasteiger partial charge in [-0.05, 0) is 51.2 Å². The lowest BCUT2D eigenvalue weighted by molar-refractivity contribution is 0.671. The van der Waals surface area contributed by atoms with Crippen molar-refractivity contribution in [3.63, 3.8) is 0 Å². The Kier molecular flexibility index (Phi) is 2.94. The van der Waals surface area contributed by atoms with Crippen LogP contribution in [-0.2, 0) is 12.8 Å². The summed E-state index contributed by atoms with van der Waals surface area (Å²) in [6.45, 7) is 4.40. The Morgan fingerprint density at radius 1 is 1.11 bits per heavy atom. The molecule has 0 saturated heterocycles. The number of hydrogen-bond acceptors (Lipinski definition) is 2. The standard InChI is InChI=1S/C16H20N2/c1-11(2)17-16-12-7-3-5-9-14(12)18-15-10-6-4-8-13(15)16/h3,5,7,9,11H,4,6,8,10H2,1-2H3,(H,17,18). The number of aryl methyl sites for hydroxylation is 1. The summed E-state index contributed by atoms with van der Waals surface area (Å²) in [7, 11) is 0. The van der Waals surface area contributed by atoms with Crippen LogP contribution in [0.5, 0.6) is 0 Å². The average molecular weight is 240 g/mol. The number of fused-ring (bicyclic) bond motifs is 2. The molecule has 3 rings (SSSR count). The summed E-state index contributed by atoms with van der Waals surface area (Å²) in [5, 5.41) is 4.91. The molecule has 0 radical (unpaired) electrons. The van der Waals surface area contributed by atoms with Gasteiger partial charge in [-0.2, -0.15) is 0 Å². The SMILES string of the molecule is CC(C)Nc1c2c(nc3ccccc13)CCCC2. The van der Waals surface area contributed by atoms with Crippen LogP contribution >= 0.6 is 0 Å². The minimum Gasteiger partial charge on any atom is -0.382 e. The zero-order valence-electron chi connectivity index (χ0n) is 11.2. The van der Waals surface area contributed by atoms with E-state index in [0.29, 0.717) is 6.04 Å². The fraction of sp³-hybridized carbons (Fsp3) is 0.438. The van der Waals surface area contributed by atoms with Crippen molar-refractivity contribution in [1.29, 1.82) is 0 Å². The van der Waals surface area contributed by atoms with Gasteiger partial charge in [-0.15, -0.1) is 0 Å². The summed E-state index contributed by atoms with van der Waals surface area (Å²) in [5.74, 6) is 0. The Bertz CT molecular complexity index is 573. The smallest absolute Gasteiger partial charge is 0.0726 e. The summed E-state index contributed by atoms with van der Waals surface area (Å²) in [6, 6.07) is 8.94. The number of rotatable bonds is 2. The zero-order chi connectivity index (χ0) is 12.5. The average Bonchev–Trinajstić information content (AvgIpc) is 2.38. The first-order valence-corrected chi connectivity index (χ1v) is 6.93. The van der Waals surface area contributed by atoms with Gasteiger partial charge in [0.1, 0.15) is 0 Å². The summed E-state index contributed by atoms with van der Waals surface area (Å²) in [5.41, 5.74) is 5.21. The van der Waals surface area contributed by atoms with E-state index in [2.05, 4.69) is 43.4 Å². The van der Waals surface area contributed by atoms with Crippen LogP contribution in [0.1, 0.15) is 37.9 Å². The monoisotopic (exact) mass is 240 g/mol. The van der Waals surface area contributed by atoms with Crippen LogP contribution in [0.4, 0.5) is 5.69 Å². The summed E-state index contributed by atoms with van der Waals surface area (Å²) in [4.78, 5) is 4.84. The summed E-state index contributed by atoms with van der Waals surface area (Å²) in [6.07, 6.45) is 4.87. The molecule has 94 valence electrons. The van der Waals surface area contributed by atoms with Crippen LogP contribution in [0.25, 0.3) is 10.9 Å². The zero-order valence-corrected chi connectivity index (χ0v) is 11.2. The summed E-state index contributed by atoms with van der Waals surface area (Å²) >= 11 is 0. The van der Waals surface area contributed by atoms with E-state index in [1.54, 1.807) is 0 Å². The number of aromatic nitrogens is 1. The van der Waals surface area contributed by atoms with Crippen molar-refractivity contribution >= 4 is 16.6 Å². The molecule has 0 aliphatic heterocycles. The van der Waals surface area contributed by atoms with Gasteiger partial charge in [0, 0.05) is 22.8 Å².